The van der Waals surface area contributed by atoms with Crippen molar-refractivity contribution in [3.05, 3.63) is 23.3 Å². The molecule has 4 rings (SSSR count). The molecule has 1 aromatic rings. The summed E-state index contributed by atoms with van der Waals surface area (Å²) in [5, 5.41) is 23.8. The molecule has 2 saturated carbocycles. The van der Waals surface area contributed by atoms with Crippen molar-refractivity contribution in [3.8, 4) is 11.5 Å². The molecular formula is C19H27NO3. The van der Waals surface area contributed by atoms with E-state index in [0.717, 1.165) is 24.1 Å². The van der Waals surface area contributed by atoms with E-state index in [0.29, 0.717) is 12.0 Å². The Morgan fingerprint density at radius 2 is 1.83 bits per heavy atom. The largest absolute Gasteiger partial charge is 0.504 e. The summed E-state index contributed by atoms with van der Waals surface area (Å²) < 4.78 is 6.47. The van der Waals surface area contributed by atoms with Gasteiger partial charge in [0, 0.05) is 24.6 Å². The summed E-state index contributed by atoms with van der Waals surface area (Å²) in [6.45, 7) is 0.797. The van der Waals surface area contributed by atoms with Crippen LogP contribution in [0, 0.1) is 5.92 Å². The molecule has 2 aliphatic carbocycles. The molecule has 0 spiro atoms. The number of phenols is 2. The predicted molar refractivity (Wildman–Crippen MR) is 88.7 cm³/mol. The van der Waals surface area contributed by atoms with Gasteiger partial charge < -0.3 is 20.3 Å². The lowest BCUT2D eigenvalue weighted by Gasteiger charge is -2.38. The maximum Gasteiger partial charge on any atom is 0.161 e. The smallest absolute Gasteiger partial charge is 0.161 e. The molecule has 3 aliphatic rings. The lowest BCUT2D eigenvalue weighted by molar-refractivity contribution is -0.0627. The van der Waals surface area contributed by atoms with Crippen molar-refractivity contribution in [3.63, 3.8) is 0 Å². The van der Waals surface area contributed by atoms with Crippen molar-refractivity contribution in [2.45, 2.75) is 69.6 Å². The summed E-state index contributed by atoms with van der Waals surface area (Å²) in [4.78, 5) is 0. The van der Waals surface area contributed by atoms with E-state index in [1.165, 1.54) is 44.9 Å². The molecule has 1 aromatic carbocycles. The van der Waals surface area contributed by atoms with Gasteiger partial charge in [-0.15, -0.1) is 0 Å². The molecule has 126 valence electrons. The van der Waals surface area contributed by atoms with Gasteiger partial charge in [0.15, 0.2) is 11.5 Å². The second-order valence-corrected chi connectivity index (χ2v) is 7.45. The minimum atomic E-state index is -0.0159. The van der Waals surface area contributed by atoms with Crippen molar-refractivity contribution in [1.29, 1.82) is 0 Å². The van der Waals surface area contributed by atoms with E-state index in [1.807, 2.05) is 6.07 Å². The molecule has 23 heavy (non-hydrogen) atoms. The Morgan fingerprint density at radius 1 is 1.04 bits per heavy atom. The van der Waals surface area contributed by atoms with Crippen LogP contribution in [0.3, 0.4) is 0 Å². The van der Waals surface area contributed by atoms with Crippen LogP contribution < -0.4 is 5.32 Å². The van der Waals surface area contributed by atoms with Crippen LogP contribution in [0.2, 0.25) is 0 Å². The van der Waals surface area contributed by atoms with E-state index in [2.05, 4.69) is 5.32 Å². The Labute approximate surface area is 137 Å². The van der Waals surface area contributed by atoms with Gasteiger partial charge in [-0.1, -0.05) is 25.3 Å². The fourth-order valence-corrected chi connectivity index (χ4v) is 4.19. The maximum atomic E-state index is 10.3. The van der Waals surface area contributed by atoms with Crippen LogP contribution in [0.25, 0.3) is 0 Å². The molecule has 1 aliphatic heterocycles. The van der Waals surface area contributed by atoms with Crippen LogP contribution in [0.15, 0.2) is 12.1 Å². The Balaban J connectivity index is 1.58. The van der Waals surface area contributed by atoms with E-state index in [-0.39, 0.29) is 23.7 Å². The van der Waals surface area contributed by atoms with Gasteiger partial charge in [-0.25, -0.2) is 0 Å². The molecule has 0 amide bonds. The third-order valence-electron chi connectivity index (χ3n) is 5.73. The summed E-state index contributed by atoms with van der Waals surface area (Å²) in [6.07, 6.45) is 9.74. The fourth-order valence-electron chi connectivity index (χ4n) is 4.19. The number of ether oxygens (including phenoxy) is 1. The number of benzene rings is 1. The van der Waals surface area contributed by atoms with Crippen molar-refractivity contribution in [2.24, 2.45) is 5.92 Å². The van der Waals surface area contributed by atoms with Crippen LogP contribution >= 0.6 is 0 Å². The zero-order chi connectivity index (χ0) is 15.8. The summed E-state index contributed by atoms with van der Waals surface area (Å²) in [5.41, 5.74) is 1.94. The van der Waals surface area contributed by atoms with E-state index in [1.54, 1.807) is 6.07 Å². The highest BCUT2D eigenvalue weighted by molar-refractivity contribution is 5.51. The second-order valence-electron chi connectivity index (χ2n) is 7.45. The first-order valence-electron chi connectivity index (χ1n) is 9.15. The van der Waals surface area contributed by atoms with Crippen LogP contribution in [0.1, 0.15) is 62.2 Å². The minimum Gasteiger partial charge on any atom is -0.504 e. The number of aromatic hydroxyl groups is 2. The normalized spacial score (nSPS) is 28.5. The first-order valence-corrected chi connectivity index (χ1v) is 9.15. The fraction of sp³-hybridized carbons (Fsp3) is 0.684. The summed E-state index contributed by atoms with van der Waals surface area (Å²) in [6, 6.07) is 4.14. The lowest BCUT2D eigenvalue weighted by Crippen LogP contribution is -2.37. The molecule has 0 bridgehead atoms. The molecule has 1 heterocycles. The van der Waals surface area contributed by atoms with Crippen LogP contribution in [-0.4, -0.2) is 28.9 Å². The highest BCUT2D eigenvalue weighted by atomic mass is 16.5. The molecule has 1 unspecified atom stereocenters. The third kappa shape index (κ3) is 3.20. The standard InChI is InChI=1S/C19H27NO3/c21-16-9-8-14-15(19(16)22)10-17(12-4-2-1-3-5-12)23-18(14)11-20-13-6-7-13/h8-9,12-13,17-18,20-22H,1-7,10-11H2/t17?,18-/m0/s1. The van der Waals surface area contributed by atoms with Crippen molar-refractivity contribution >= 4 is 0 Å². The molecule has 4 heteroatoms. The number of hydrogen-bond acceptors (Lipinski definition) is 4. The average Bonchev–Trinajstić information content (AvgIpc) is 3.41. The summed E-state index contributed by atoms with van der Waals surface area (Å²) in [5.74, 6) is 0.632. The number of rotatable bonds is 4. The molecule has 3 N–H and O–H groups in total. The number of phenolic OH excluding ortho intramolecular Hbond substituents is 2. The average molecular weight is 317 g/mol. The molecule has 4 nitrogen and oxygen atoms in total. The Hall–Kier alpha value is -1.26. The Morgan fingerprint density at radius 3 is 2.57 bits per heavy atom. The van der Waals surface area contributed by atoms with Gasteiger partial charge in [0.1, 0.15) is 0 Å². The quantitative estimate of drug-likeness (QED) is 0.745. The zero-order valence-electron chi connectivity index (χ0n) is 13.6. The number of nitrogens with one attached hydrogen (secondary N) is 1. The molecule has 0 aromatic heterocycles. The SMILES string of the molecule is Oc1ccc2c(c1O)CC(C1CCCCC1)O[C@H]2CNC1CC1. The molecule has 2 atom stereocenters. The second kappa shape index (κ2) is 6.33. The maximum absolute atomic E-state index is 10.3. The molecule has 2 fully saturated rings. The van der Waals surface area contributed by atoms with Gasteiger partial charge in [-0.3, -0.25) is 0 Å². The monoisotopic (exact) mass is 317 g/mol. The predicted octanol–water partition coefficient (Wildman–Crippen LogP) is 3.41. The van der Waals surface area contributed by atoms with Gasteiger partial charge in [-0.05, 0) is 43.2 Å². The van der Waals surface area contributed by atoms with Crippen LogP contribution in [0.4, 0.5) is 0 Å². The molecule has 0 saturated heterocycles. The third-order valence-corrected chi connectivity index (χ3v) is 5.73. The lowest BCUT2D eigenvalue weighted by atomic mass is 9.80. The Bertz CT molecular complexity index is 564. The van der Waals surface area contributed by atoms with E-state index in [4.69, 9.17) is 4.74 Å². The number of hydrogen-bond donors (Lipinski definition) is 3. The van der Waals surface area contributed by atoms with E-state index in [9.17, 15) is 10.2 Å². The summed E-state index contributed by atoms with van der Waals surface area (Å²) >= 11 is 0. The number of fused-ring (bicyclic) bond motifs is 1. The van der Waals surface area contributed by atoms with Crippen LogP contribution in [-0.2, 0) is 11.2 Å². The zero-order valence-corrected chi connectivity index (χ0v) is 13.6. The highest BCUT2D eigenvalue weighted by Gasteiger charge is 2.35. The van der Waals surface area contributed by atoms with Crippen molar-refractivity contribution < 1.29 is 14.9 Å². The van der Waals surface area contributed by atoms with Gasteiger partial charge in [0.05, 0.1) is 12.2 Å². The topological polar surface area (TPSA) is 61.7 Å². The molecular weight excluding hydrogens is 290 g/mol. The van der Waals surface area contributed by atoms with Gasteiger partial charge >= 0.3 is 0 Å². The van der Waals surface area contributed by atoms with Gasteiger partial charge in [0.25, 0.3) is 0 Å². The Kier molecular flexibility index (Phi) is 4.20. The molecule has 0 radical (unpaired) electrons. The van der Waals surface area contributed by atoms with Gasteiger partial charge in [0.2, 0.25) is 0 Å². The van der Waals surface area contributed by atoms with E-state index < -0.39 is 0 Å². The van der Waals surface area contributed by atoms with Crippen molar-refractivity contribution in [1.82, 2.24) is 5.32 Å². The minimum absolute atomic E-state index is 0.0121. The van der Waals surface area contributed by atoms with Crippen LogP contribution in [0.5, 0.6) is 11.5 Å². The summed E-state index contributed by atoms with van der Waals surface area (Å²) in [7, 11) is 0. The van der Waals surface area contributed by atoms with Crippen molar-refractivity contribution in [2.75, 3.05) is 6.54 Å². The first kappa shape index (κ1) is 15.3. The van der Waals surface area contributed by atoms with Gasteiger partial charge in [-0.2, -0.15) is 0 Å². The highest BCUT2D eigenvalue weighted by Crippen LogP contribution is 2.43. The van der Waals surface area contributed by atoms with E-state index >= 15 is 0 Å². The first-order chi connectivity index (χ1) is 11.2.